The molecule has 0 aliphatic heterocycles. The van der Waals surface area contributed by atoms with Crippen LogP contribution in [0, 0.1) is 5.92 Å². The summed E-state index contributed by atoms with van der Waals surface area (Å²) in [5, 5.41) is 0. The summed E-state index contributed by atoms with van der Waals surface area (Å²) < 4.78 is 14.8. The Balaban J connectivity index is 3.75. The van der Waals surface area contributed by atoms with Crippen molar-refractivity contribution in [2.75, 3.05) is 26.9 Å². The van der Waals surface area contributed by atoms with Crippen molar-refractivity contribution >= 4 is 11.9 Å². The lowest BCUT2D eigenvalue weighted by Gasteiger charge is -2.09. The summed E-state index contributed by atoms with van der Waals surface area (Å²) in [6.45, 7) is 5.30. The maximum Gasteiger partial charge on any atom is 0.331 e. The lowest BCUT2D eigenvalue weighted by molar-refractivity contribution is -0.141. The van der Waals surface area contributed by atoms with E-state index in [0.717, 1.165) is 31.4 Å². The Kier molecular flexibility index (Phi) is 10.9. The number of ether oxygens (including phenoxy) is 3. The maximum atomic E-state index is 11.3. The van der Waals surface area contributed by atoms with Gasteiger partial charge in [-0.2, -0.15) is 0 Å². The summed E-state index contributed by atoms with van der Waals surface area (Å²) in [5.41, 5.74) is 0. The lowest BCUT2D eigenvalue weighted by atomic mass is 10.1. The van der Waals surface area contributed by atoms with Gasteiger partial charge in [0.15, 0.2) is 0 Å². The Labute approximate surface area is 114 Å². The highest BCUT2D eigenvalue weighted by Crippen LogP contribution is 2.02. The molecule has 0 heterocycles. The fourth-order valence-electron chi connectivity index (χ4n) is 1.18. The van der Waals surface area contributed by atoms with Crippen LogP contribution < -0.4 is 0 Å². The second-order valence-corrected chi connectivity index (χ2v) is 4.37. The van der Waals surface area contributed by atoms with Gasteiger partial charge in [0.1, 0.15) is 0 Å². The summed E-state index contributed by atoms with van der Waals surface area (Å²) in [6, 6.07) is 0. The predicted octanol–water partition coefficient (Wildman–Crippen LogP) is 2.10. The van der Waals surface area contributed by atoms with Gasteiger partial charge in [-0.1, -0.05) is 20.3 Å². The molecule has 0 aromatic rings. The number of rotatable bonds is 10. The Morgan fingerprint density at radius 2 is 1.74 bits per heavy atom. The van der Waals surface area contributed by atoms with Crippen LogP contribution in [-0.2, 0) is 23.8 Å². The molecule has 5 nitrogen and oxygen atoms in total. The number of hydrogen-bond acceptors (Lipinski definition) is 5. The third-order valence-electron chi connectivity index (χ3n) is 2.42. The van der Waals surface area contributed by atoms with E-state index in [2.05, 4.69) is 0 Å². The molecule has 0 rings (SSSR count). The van der Waals surface area contributed by atoms with Crippen molar-refractivity contribution in [3.8, 4) is 0 Å². The van der Waals surface area contributed by atoms with Crippen molar-refractivity contribution in [2.45, 2.75) is 33.1 Å². The van der Waals surface area contributed by atoms with Crippen molar-refractivity contribution in [2.24, 2.45) is 5.92 Å². The number of carbonyl (C=O) groups excluding carboxylic acids is 2. The van der Waals surface area contributed by atoms with Gasteiger partial charge in [0.2, 0.25) is 0 Å². The Bertz CT molecular complexity index is 286. The van der Waals surface area contributed by atoms with Crippen LogP contribution in [0.5, 0.6) is 0 Å². The van der Waals surface area contributed by atoms with Crippen molar-refractivity contribution in [3.05, 3.63) is 12.2 Å². The third-order valence-corrected chi connectivity index (χ3v) is 2.42. The summed E-state index contributed by atoms with van der Waals surface area (Å²) in [6.07, 6.45) is 4.79. The molecule has 0 saturated heterocycles. The molecule has 5 heteroatoms. The van der Waals surface area contributed by atoms with E-state index in [1.54, 1.807) is 7.11 Å². The Morgan fingerprint density at radius 3 is 2.32 bits per heavy atom. The summed E-state index contributed by atoms with van der Waals surface area (Å²) >= 11 is 0. The van der Waals surface area contributed by atoms with E-state index in [-0.39, 0.29) is 5.92 Å². The highest BCUT2D eigenvalue weighted by molar-refractivity contribution is 5.91. The normalized spacial score (nSPS) is 12.4. The summed E-state index contributed by atoms with van der Waals surface area (Å²) in [5.74, 6) is -0.816. The second kappa shape index (κ2) is 11.7. The highest BCUT2D eigenvalue weighted by Gasteiger charge is 2.05. The zero-order valence-corrected chi connectivity index (χ0v) is 12.0. The molecule has 0 aromatic heterocycles. The van der Waals surface area contributed by atoms with E-state index in [0.29, 0.717) is 19.8 Å². The van der Waals surface area contributed by atoms with Gasteiger partial charge in [-0.05, 0) is 18.8 Å². The molecule has 0 bridgehead atoms. The van der Waals surface area contributed by atoms with E-state index >= 15 is 0 Å². The molecule has 0 saturated carbocycles. The van der Waals surface area contributed by atoms with Crippen LogP contribution in [0.25, 0.3) is 0 Å². The van der Waals surface area contributed by atoms with E-state index in [4.69, 9.17) is 14.2 Å². The smallest absolute Gasteiger partial charge is 0.331 e. The van der Waals surface area contributed by atoms with Crippen LogP contribution in [0.15, 0.2) is 12.2 Å². The van der Waals surface area contributed by atoms with Crippen LogP contribution >= 0.6 is 0 Å². The van der Waals surface area contributed by atoms with Gasteiger partial charge in [-0.3, -0.25) is 0 Å². The third kappa shape index (κ3) is 11.5. The fraction of sp³-hybridized carbons (Fsp3) is 0.714. The maximum absolute atomic E-state index is 11.3. The summed E-state index contributed by atoms with van der Waals surface area (Å²) in [7, 11) is 1.63. The van der Waals surface area contributed by atoms with Crippen LogP contribution in [0.3, 0.4) is 0 Å². The van der Waals surface area contributed by atoms with E-state index < -0.39 is 11.9 Å². The van der Waals surface area contributed by atoms with Gasteiger partial charge in [-0.25, -0.2) is 9.59 Å². The quantitative estimate of drug-likeness (QED) is 0.346. The van der Waals surface area contributed by atoms with E-state index in [1.807, 2.05) is 13.8 Å². The van der Waals surface area contributed by atoms with Gasteiger partial charge in [-0.15, -0.1) is 0 Å². The van der Waals surface area contributed by atoms with Gasteiger partial charge in [0.05, 0.1) is 13.2 Å². The number of hydrogen-bond donors (Lipinski definition) is 0. The molecule has 0 aliphatic carbocycles. The standard InChI is InChI=1S/C14H24O5/c1-4-5-9-18-13(15)6-7-14(16)19-11-12(2)8-10-17-3/h6-7,12H,4-5,8-11H2,1-3H3/b7-6+. The van der Waals surface area contributed by atoms with Gasteiger partial charge >= 0.3 is 11.9 Å². The zero-order chi connectivity index (χ0) is 14.5. The summed E-state index contributed by atoms with van der Waals surface area (Å²) in [4.78, 5) is 22.5. The first kappa shape index (κ1) is 17.6. The van der Waals surface area contributed by atoms with Crippen molar-refractivity contribution in [3.63, 3.8) is 0 Å². The molecular weight excluding hydrogens is 248 g/mol. The second-order valence-electron chi connectivity index (χ2n) is 4.37. The molecule has 0 fully saturated rings. The fourth-order valence-corrected chi connectivity index (χ4v) is 1.18. The van der Waals surface area contributed by atoms with E-state index in [1.165, 1.54) is 0 Å². The monoisotopic (exact) mass is 272 g/mol. The first-order valence-corrected chi connectivity index (χ1v) is 6.60. The molecule has 0 N–H and O–H groups in total. The minimum Gasteiger partial charge on any atom is -0.463 e. The molecule has 19 heavy (non-hydrogen) atoms. The van der Waals surface area contributed by atoms with Crippen LogP contribution in [-0.4, -0.2) is 38.9 Å². The van der Waals surface area contributed by atoms with Crippen LogP contribution in [0.4, 0.5) is 0 Å². The first-order valence-electron chi connectivity index (χ1n) is 6.60. The number of carbonyl (C=O) groups is 2. The van der Waals surface area contributed by atoms with Gasteiger partial charge < -0.3 is 14.2 Å². The molecule has 0 radical (unpaired) electrons. The number of esters is 2. The average molecular weight is 272 g/mol. The van der Waals surface area contributed by atoms with E-state index in [9.17, 15) is 9.59 Å². The molecule has 110 valence electrons. The SMILES string of the molecule is CCCCOC(=O)/C=C/C(=O)OCC(C)CCOC. The molecule has 0 spiro atoms. The lowest BCUT2D eigenvalue weighted by Crippen LogP contribution is -2.12. The van der Waals surface area contributed by atoms with Crippen molar-refractivity contribution in [1.82, 2.24) is 0 Å². The molecule has 1 unspecified atom stereocenters. The van der Waals surface area contributed by atoms with Crippen molar-refractivity contribution in [1.29, 1.82) is 0 Å². The minimum atomic E-state index is -0.531. The largest absolute Gasteiger partial charge is 0.463 e. The van der Waals surface area contributed by atoms with Crippen molar-refractivity contribution < 1.29 is 23.8 Å². The Morgan fingerprint density at radius 1 is 1.11 bits per heavy atom. The minimum absolute atomic E-state index is 0.230. The topological polar surface area (TPSA) is 61.8 Å². The molecule has 1 atom stereocenters. The first-order chi connectivity index (χ1) is 9.10. The van der Waals surface area contributed by atoms with Gasteiger partial charge in [0.25, 0.3) is 0 Å². The molecular formula is C14H24O5. The number of unbranched alkanes of at least 4 members (excludes halogenated alkanes) is 1. The highest BCUT2D eigenvalue weighted by atomic mass is 16.5. The zero-order valence-electron chi connectivity index (χ0n) is 12.0. The Hall–Kier alpha value is -1.36. The average Bonchev–Trinajstić information content (AvgIpc) is 2.40. The molecule has 0 aliphatic rings. The number of methoxy groups -OCH3 is 1. The van der Waals surface area contributed by atoms with Crippen LogP contribution in [0.1, 0.15) is 33.1 Å². The molecule has 0 amide bonds. The molecule has 0 aromatic carbocycles. The predicted molar refractivity (Wildman–Crippen MR) is 71.6 cm³/mol. The van der Waals surface area contributed by atoms with Gasteiger partial charge in [0, 0.05) is 25.9 Å². The van der Waals surface area contributed by atoms with Crippen LogP contribution in [0.2, 0.25) is 0 Å².